The molecule has 1 saturated carbocycles. The Labute approximate surface area is 122 Å². The Kier molecular flexibility index (Phi) is 4.42. The molecule has 0 saturated heterocycles. The summed E-state index contributed by atoms with van der Waals surface area (Å²) in [4.78, 5) is 30.6. The monoisotopic (exact) mass is 296 g/mol. The molecule has 0 aliphatic heterocycles. The maximum absolute atomic E-state index is 12.5. The number of aliphatic carboxylic acids is 1. The molecule has 1 heterocycles. The van der Waals surface area contributed by atoms with Gasteiger partial charge >= 0.3 is 5.97 Å². The van der Waals surface area contributed by atoms with E-state index in [1.807, 2.05) is 13.8 Å². The van der Waals surface area contributed by atoms with Crippen LogP contribution in [0.5, 0.6) is 0 Å². The smallest absolute Gasteiger partial charge is 0.307 e. The highest BCUT2D eigenvalue weighted by Crippen LogP contribution is 2.37. The number of hydrogen-bond donors (Lipinski definition) is 1. The summed E-state index contributed by atoms with van der Waals surface area (Å²) in [5.74, 6) is -1.54. The molecule has 1 amide bonds. The van der Waals surface area contributed by atoms with E-state index in [4.69, 9.17) is 0 Å². The van der Waals surface area contributed by atoms with Crippen molar-refractivity contribution in [2.75, 3.05) is 7.05 Å². The maximum Gasteiger partial charge on any atom is 0.307 e. The molecule has 5 nitrogen and oxygen atoms in total. The van der Waals surface area contributed by atoms with Gasteiger partial charge < -0.3 is 10.0 Å². The molecule has 0 radical (unpaired) electrons. The first-order valence-corrected chi connectivity index (χ1v) is 7.64. The van der Waals surface area contributed by atoms with Crippen LogP contribution in [0.3, 0.4) is 0 Å². The molecule has 1 unspecified atom stereocenters. The number of carboxylic acids is 1. The van der Waals surface area contributed by atoms with E-state index in [9.17, 15) is 14.7 Å². The van der Waals surface area contributed by atoms with Crippen LogP contribution in [0.15, 0.2) is 5.51 Å². The average molecular weight is 296 g/mol. The largest absolute Gasteiger partial charge is 0.481 e. The highest BCUT2D eigenvalue weighted by molar-refractivity contribution is 7.09. The highest BCUT2D eigenvalue weighted by Gasteiger charge is 2.42. The number of thiazole rings is 1. The number of nitrogens with zero attached hydrogens (tertiary/aromatic N) is 2. The molecule has 1 aromatic rings. The lowest BCUT2D eigenvalue weighted by atomic mass is 9.95. The first-order chi connectivity index (χ1) is 9.40. The second-order valence-corrected chi connectivity index (χ2v) is 6.62. The van der Waals surface area contributed by atoms with E-state index in [1.165, 1.54) is 11.3 Å². The minimum absolute atomic E-state index is 0.0606. The van der Waals surface area contributed by atoms with E-state index in [1.54, 1.807) is 17.5 Å². The number of carboxylic acid groups (broad SMARTS) is 1. The molecule has 0 spiro atoms. The number of aryl methyl sites for hydroxylation is 1. The summed E-state index contributed by atoms with van der Waals surface area (Å²) in [5, 5.41) is 9.25. The van der Waals surface area contributed by atoms with Crippen molar-refractivity contribution < 1.29 is 14.7 Å². The topological polar surface area (TPSA) is 70.5 Å². The van der Waals surface area contributed by atoms with Gasteiger partial charge in [0.25, 0.3) is 0 Å². The summed E-state index contributed by atoms with van der Waals surface area (Å²) in [7, 11) is 1.74. The SMILES string of the molecule is Cc1ncsc1CN(C)C(=O)[C@H]1CC(C)C[C@H]1C(=O)O. The molecule has 0 aromatic carbocycles. The minimum Gasteiger partial charge on any atom is -0.481 e. The Morgan fingerprint density at radius 1 is 1.45 bits per heavy atom. The van der Waals surface area contributed by atoms with Crippen LogP contribution in [0.4, 0.5) is 0 Å². The quantitative estimate of drug-likeness (QED) is 0.924. The lowest BCUT2D eigenvalue weighted by Crippen LogP contribution is -2.36. The van der Waals surface area contributed by atoms with Crippen molar-refractivity contribution >= 4 is 23.2 Å². The van der Waals surface area contributed by atoms with Gasteiger partial charge in [0.15, 0.2) is 0 Å². The number of carbonyl (C=O) groups excluding carboxylic acids is 1. The number of hydrogen-bond acceptors (Lipinski definition) is 4. The minimum atomic E-state index is -0.852. The third-order valence-corrected chi connectivity index (χ3v) is 4.95. The van der Waals surface area contributed by atoms with Gasteiger partial charge in [0.1, 0.15) is 0 Å². The van der Waals surface area contributed by atoms with Crippen LogP contribution >= 0.6 is 11.3 Å². The fourth-order valence-electron chi connectivity index (χ4n) is 2.89. The molecular weight excluding hydrogens is 276 g/mol. The van der Waals surface area contributed by atoms with E-state index < -0.39 is 11.9 Å². The summed E-state index contributed by atoms with van der Waals surface area (Å²) in [5.41, 5.74) is 2.70. The van der Waals surface area contributed by atoms with Crippen molar-refractivity contribution in [2.45, 2.75) is 33.2 Å². The Balaban J connectivity index is 2.06. The van der Waals surface area contributed by atoms with Crippen molar-refractivity contribution in [1.29, 1.82) is 0 Å². The van der Waals surface area contributed by atoms with Crippen LogP contribution < -0.4 is 0 Å². The summed E-state index contributed by atoms with van der Waals surface area (Å²) < 4.78 is 0. The third-order valence-electron chi connectivity index (χ3n) is 4.03. The predicted octanol–water partition coefficient (Wildman–Crippen LogP) is 2.16. The second-order valence-electron chi connectivity index (χ2n) is 5.68. The fourth-order valence-corrected chi connectivity index (χ4v) is 3.72. The molecule has 0 bridgehead atoms. The van der Waals surface area contributed by atoms with Gasteiger partial charge in [-0.25, -0.2) is 4.98 Å². The van der Waals surface area contributed by atoms with Gasteiger partial charge in [0.05, 0.1) is 29.6 Å². The van der Waals surface area contributed by atoms with Crippen molar-refractivity contribution in [3.8, 4) is 0 Å². The average Bonchev–Trinajstić information content (AvgIpc) is 2.95. The molecule has 1 N–H and O–H groups in total. The van der Waals surface area contributed by atoms with Gasteiger partial charge in [-0.3, -0.25) is 9.59 Å². The molecule has 6 heteroatoms. The normalized spacial score (nSPS) is 25.6. The Bertz CT molecular complexity index is 514. The van der Waals surface area contributed by atoms with Gasteiger partial charge in [-0.1, -0.05) is 6.92 Å². The zero-order valence-corrected chi connectivity index (χ0v) is 12.8. The van der Waals surface area contributed by atoms with Crippen molar-refractivity contribution in [2.24, 2.45) is 17.8 Å². The molecule has 1 aromatic heterocycles. The Morgan fingerprint density at radius 3 is 2.65 bits per heavy atom. The van der Waals surface area contributed by atoms with Gasteiger partial charge in [-0.15, -0.1) is 11.3 Å². The zero-order chi connectivity index (χ0) is 14.9. The van der Waals surface area contributed by atoms with E-state index in [2.05, 4.69) is 4.98 Å². The summed E-state index contributed by atoms with van der Waals surface area (Å²) in [6.45, 7) is 4.44. The van der Waals surface area contributed by atoms with Gasteiger partial charge in [0, 0.05) is 11.9 Å². The van der Waals surface area contributed by atoms with Crippen molar-refractivity contribution in [3.05, 3.63) is 16.1 Å². The summed E-state index contributed by atoms with van der Waals surface area (Å²) >= 11 is 1.52. The van der Waals surface area contributed by atoms with Gasteiger partial charge in [-0.05, 0) is 25.7 Å². The molecule has 3 atom stereocenters. The summed E-state index contributed by atoms with van der Waals surface area (Å²) in [6.07, 6.45) is 1.26. The molecule has 1 aliphatic carbocycles. The van der Waals surface area contributed by atoms with Gasteiger partial charge in [0.2, 0.25) is 5.91 Å². The predicted molar refractivity (Wildman–Crippen MR) is 76.3 cm³/mol. The van der Waals surface area contributed by atoms with Crippen LogP contribution in [0.2, 0.25) is 0 Å². The molecule has 2 rings (SSSR count). The second kappa shape index (κ2) is 5.91. The van der Waals surface area contributed by atoms with E-state index in [0.717, 1.165) is 10.6 Å². The number of rotatable bonds is 4. The number of carbonyl (C=O) groups is 2. The lowest BCUT2D eigenvalue weighted by molar-refractivity contribution is -0.148. The van der Waals surface area contributed by atoms with E-state index >= 15 is 0 Å². The van der Waals surface area contributed by atoms with E-state index in [-0.39, 0.29) is 11.8 Å². The van der Waals surface area contributed by atoms with Crippen LogP contribution in [-0.4, -0.2) is 33.9 Å². The Hall–Kier alpha value is -1.43. The van der Waals surface area contributed by atoms with Crippen molar-refractivity contribution in [1.82, 2.24) is 9.88 Å². The first kappa shape index (κ1) is 15.0. The first-order valence-electron chi connectivity index (χ1n) is 6.77. The van der Waals surface area contributed by atoms with Crippen LogP contribution in [0.25, 0.3) is 0 Å². The van der Waals surface area contributed by atoms with Crippen LogP contribution in [-0.2, 0) is 16.1 Å². The molecule has 110 valence electrons. The lowest BCUT2D eigenvalue weighted by Gasteiger charge is -2.23. The number of aromatic nitrogens is 1. The number of amides is 1. The van der Waals surface area contributed by atoms with Crippen molar-refractivity contribution in [3.63, 3.8) is 0 Å². The molecule has 1 aliphatic rings. The van der Waals surface area contributed by atoms with Gasteiger partial charge in [-0.2, -0.15) is 0 Å². The molecule has 1 fully saturated rings. The zero-order valence-electron chi connectivity index (χ0n) is 12.0. The maximum atomic E-state index is 12.5. The Morgan fingerprint density at radius 2 is 2.10 bits per heavy atom. The summed E-state index contributed by atoms with van der Waals surface area (Å²) in [6, 6.07) is 0. The highest BCUT2D eigenvalue weighted by atomic mass is 32.1. The molecule has 20 heavy (non-hydrogen) atoms. The standard InChI is InChI=1S/C14H20N2O3S/c1-8-4-10(11(5-8)14(18)19)13(17)16(3)6-12-9(2)15-7-20-12/h7-8,10-11H,4-6H2,1-3H3,(H,18,19)/t8?,10-,11+/m0/s1. The van der Waals surface area contributed by atoms with Crippen LogP contribution in [0, 0.1) is 24.7 Å². The van der Waals surface area contributed by atoms with Crippen LogP contribution in [0.1, 0.15) is 30.3 Å². The fraction of sp³-hybridized carbons (Fsp3) is 0.643. The third kappa shape index (κ3) is 3.00. The van der Waals surface area contributed by atoms with E-state index in [0.29, 0.717) is 25.3 Å². The molecular formula is C14H20N2O3S.